The van der Waals surface area contributed by atoms with E-state index in [0.717, 1.165) is 9.26 Å². The molecule has 0 aromatic carbocycles. The summed E-state index contributed by atoms with van der Waals surface area (Å²) in [5, 5.41) is 0. The molecule has 0 saturated carbocycles. The summed E-state index contributed by atoms with van der Waals surface area (Å²) in [7, 11) is 1.71. The first kappa shape index (κ1) is 14.2. The van der Waals surface area contributed by atoms with Crippen molar-refractivity contribution in [1.29, 1.82) is 0 Å². The maximum atomic E-state index is 11.7. The Labute approximate surface area is 116 Å². The highest BCUT2D eigenvalue weighted by Gasteiger charge is 2.20. The largest absolute Gasteiger partial charge is 0.444 e. The predicted octanol–water partition coefficient (Wildman–Crippen LogP) is 3.05. The molecule has 0 unspecified atom stereocenters. The fourth-order valence-electron chi connectivity index (χ4n) is 1.16. The lowest BCUT2D eigenvalue weighted by atomic mass is 10.2. The summed E-state index contributed by atoms with van der Waals surface area (Å²) in [5.41, 5.74) is 0.407. The number of carbonyl (C=O) groups excluding carboxylic acids is 1. The second kappa shape index (κ2) is 5.66. The third-order valence-electron chi connectivity index (χ3n) is 1.93. The van der Waals surface area contributed by atoms with E-state index in [4.69, 9.17) is 4.74 Å². The van der Waals surface area contributed by atoms with Crippen LogP contribution in [0, 0.1) is 3.57 Å². The Morgan fingerprint density at radius 1 is 1.53 bits per heavy atom. The summed E-state index contributed by atoms with van der Waals surface area (Å²) in [4.78, 5) is 17.5. The highest BCUT2D eigenvalue weighted by atomic mass is 127. The molecule has 0 aliphatic heterocycles. The Morgan fingerprint density at radius 2 is 2.18 bits per heavy atom. The SMILES string of the molecule is CN(Cc1ncccc1I)C(=O)OC(C)(C)C. The molecule has 0 atom stereocenters. The second-order valence-corrected chi connectivity index (χ2v) is 5.93. The Kier molecular flexibility index (Phi) is 4.73. The van der Waals surface area contributed by atoms with E-state index in [2.05, 4.69) is 27.6 Å². The van der Waals surface area contributed by atoms with Crippen molar-refractivity contribution in [3.8, 4) is 0 Å². The average Bonchev–Trinajstić information content (AvgIpc) is 2.18. The Morgan fingerprint density at radius 3 is 2.71 bits per heavy atom. The van der Waals surface area contributed by atoms with E-state index in [1.54, 1.807) is 13.2 Å². The van der Waals surface area contributed by atoms with Crippen LogP contribution in [-0.2, 0) is 11.3 Å². The minimum Gasteiger partial charge on any atom is -0.444 e. The Balaban J connectivity index is 2.64. The molecule has 0 fully saturated rings. The van der Waals surface area contributed by atoms with Crippen molar-refractivity contribution in [1.82, 2.24) is 9.88 Å². The first-order valence-corrected chi connectivity index (χ1v) is 6.41. The number of amides is 1. The summed E-state index contributed by atoms with van der Waals surface area (Å²) in [6.07, 6.45) is 1.39. The van der Waals surface area contributed by atoms with Gasteiger partial charge in [-0.2, -0.15) is 0 Å². The minimum absolute atomic E-state index is 0.334. The first-order valence-electron chi connectivity index (χ1n) is 5.33. The molecule has 4 nitrogen and oxygen atoms in total. The molecule has 1 aromatic rings. The topological polar surface area (TPSA) is 42.4 Å². The van der Waals surface area contributed by atoms with Crippen molar-refractivity contribution >= 4 is 28.7 Å². The van der Waals surface area contributed by atoms with Gasteiger partial charge in [0.2, 0.25) is 0 Å². The van der Waals surface area contributed by atoms with Gasteiger partial charge in [-0.1, -0.05) is 0 Å². The van der Waals surface area contributed by atoms with Gasteiger partial charge in [-0.25, -0.2) is 4.79 Å². The molecule has 17 heavy (non-hydrogen) atoms. The van der Waals surface area contributed by atoms with Crippen molar-refractivity contribution in [2.24, 2.45) is 0 Å². The van der Waals surface area contributed by atoms with Crippen LogP contribution in [0.5, 0.6) is 0 Å². The highest BCUT2D eigenvalue weighted by molar-refractivity contribution is 14.1. The molecule has 1 aromatic heterocycles. The fourth-order valence-corrected chi connectivity index (χ4v) is 1.68. The van der Waals surface area contributed by atoms with Crippen LogP contribution in [-0.4, -0.2) is 28.6 Å². The standard InChI is InChI=1S/C12H17IN2O2/c1-12(2,3)17-11(16)15(4)8-10-9(13)6-5-7-14-10/h5-7H,8H2,1-4H3. The summed E-state index contributed by atoms with van der Waals surface area (Å²) in [6.45, 7) is 6.00. The third kappa shape index (κ3) is 4.89. The zero-order chi connectivity index (χ0) is 13.1. The molecule has 0 aliphatic rings. The van der Waals surface area contributed by atoms with E-state index in [9.17, 15) is 4.79 Å². The van der Waals surface area contributed by atoms with E-state index in [1.165, 1.54) is 4.90 Å². The van der Waals surface area contributed by atoms with Gasteiger partial charge in [0.15, 0.2) is 0 Å². The third-order valence-corrected chi connectivity index (χ3v) is 2.91. The van der Waals surface area contributed by atoms with Gasteiger partial charge in [-0.05, 0) is 55.5 Å². The van der Waals surface area contributed by atoms with Crippen LogP contribution in [0.15, 0.2) is 18.3 Å². The molecule has 5 heteroatoms. The van der Waals surface area contributed by atoms with Crippen molar-refractivity contribution in [2.45, 2.75) is 32.9 Å². The summed E-state index contributed by atoms with van der Waals surface area (Å²) >= 11 is 2.20. The van der Waals surface area contributed by atoms with Crippen LogP contribution in [0.1, 0.15) is 26.5 Å². The van der Waals surface area contributed by atoms with Crippen LogP contribution in [0.25, 0.3) is 0 Å². The molecule has 0 N–H and O–H groups in total. The Bertz CT molecular complexity index is 402. The number of halogens is 1. The molecular weight excluding hydrogens is 331 g/mol. The Hall–Kier alpha value is -0.850. The summed E-state index contributed by atoms with van der Waals surface area (Å²) in [6, 6.07) is 3.84. The number of aromatic nitrogens is 1. The molecule has 94 valence electrons. The smallest absolute Gasteiger partial charge is 0.410 e. The molecule has 0 saturated heterocycles. The van der Waals surface area contributed by atoms with Gasteiger partial charge in [0, 0.05) is 16.8 Å². The van der Waals surface area contributed by atoms with Gasteiger partial charge >= 0.3 is 6.09 Å². The lowest BCUT2D eigenvalue weighted by Gasteiger charge is -2.24. The van der Waals surface area contributed by atoms with Crippen LogP contribution in [0.4, 0.5) is 4.79 Å². The van der Waals surface area contributed by atoms with Gasteiger partial charge in [-0.15, -0.1) is 0 Å². The van der Waals surface area contributed by atoms with E-state index < -0.39 is 5.60 Å². The van der Waals surface area contributed by atoms with Crippen LogP contribution >= 0.6 is 22.6 Å². The molecule has 0 radical (unpaired) electrons. The lowest BCUT2D eigenvalue weighted by molar-refractivity contribution is 0.0282. The number of nitrogens with zero attached hydrogens (tertiary/aromatic N) is 2. The zero-order valence-electron chi connectivity index (χ0n) is 10.5. The molecule has 0 spiro atoms. The lowest BCUT2D eigenvalue weighted by Crippen LogP contribution is -2.34. The van der Waals surface area contributed by atoms with E-state index in [1.807, 2.05) is 32.9 Å². The van der Waals surface area contributed by atoms with E-state index >= 15 is 0 Å². The fraction of sp³-hybridized carbons (Fsp3) is 0.500. The summed E-state index contributed by atoms with van der Waals surface area (Å²) < 4.78 is 6.31. The molecule has 0 bridgehead atoms. The van der Waals surface area contributed by atoms with Crippen molar-refractivity contribution in [3.05, 3.63) is 27.6 Å². The van der Waals surface area contributed by atoms with Crippen LogP contribution < -0.4 is 0 Å². The van der Waals surface area contributed by atoms with E-state index in [0.29, 0.717) is 6.54 Å². The van der Waals surface area contributed by atoms with Gasteiger partial charge < -0.3 is 9.64 Å². The second-order valence-electron chi connectivity index (χ2n) is 4.77. The zero-order valence-corrected chi connectivity index (χ0v) is 12.7. The molecule has 1 amide bonds. The van der Waals surface area contributed by atoms with E-state index in [-0.39, 0.29) is 6.09 Å². The van der Waals surface area contributed by atoms with Gasteiger partial charge in [0.05, 0.1) is 12.2 Å². The number of ether oxygens (including phenoxy) is 1. The maximum absolute atomic E-state index is 11.7. The number of carbonyl (C=O) groups is 1. The summed E-state index contributed by atoms with van der Waals surface area (Å²) in [5.74, 6) is 0. The van der Waals surface area contributed by atoms with Crippen LogP contribution in [0.2, 0.25) is 0 Å². The van der Waals surface area contributed by atoms with Crippen molar-refractivity contribution in [3.63, 3.8) is 0 Å². The molecule has 1 heterocycles. The first-order chi connectivity index (χ1) is 7.79. The predicted molar refractivity (Wildman–Crippen MR) is 74.7 cm³/mol. The minimum atomic E-state index is -0.470. The van der Waals surface area contributed by atoms with Crippen molar-refractivity contribution < 1.29 is 9.53 Å². The quantitative estimate of drug-likeness (QED) is 0.772. The normalized spacial score (nSPS) is 11.1. The van der Waals surface area contributed by atoms with Crippen molar-refractivity contribution in [2.75, 3.05) is 7.05 Å². The van der Waals surface area contributed by atoms with Gasteiger partial charge in [-0.3, -0.25) is 4.98 Å². The number of hydrogen-bond acceptors (Lipinski definition) is 3. The average molecular weight is 348 g/mol. The van der Waals surface area contributed by atoms with Gasteiger partial charge in [0.25, 0.3) is 0 Å². The molecule has 0 aliphatic carbocycles. The molecular formula is C12H17IN2O2. The monoisotopic (exact) mass is 348 g/mol. The molecule has 1 rings (SSSR count). The number of hydrogen-bond donors (Lipinski definition) is 0. The van der Waals surface area contributed by atoms with Gasteiger partial charge in [0.1, 0.15) is 5.60 Å². The maximum Gasteiger partial charge on any atom is 0.410 e. The number of rotatable bonds is 2. The van der Waals surface area contributed by atoms with Crippen LogP contribution in [0.3, 0.4) is 0 Å². The highest BCUT2D eigenvalue weighted by Crippen LogP contribution is 2.13. The number of pyridine rings is 1.